The quantitative estimate of drug-likeness (QED) is 0.635. The maximum absolute atomic E-state index is 12.5. The van der Waals surface area contributed by atoms with Gasteiger partial charge in [-0.1, -0.05) is 45.5 Å². The van der Waals surface area contributed by atoms with Gasteiger partial charge in [-0.2, -0.15) is 0 Å². The van der Waals surface area contributed by atoms with Crippen LogP contribution in [0.2, 0.25) is 0 Å². The lowest BCUT2D eigenvalue weighted by Gasteiger charge is -2.25. The van der Waals surface area contributed by atoms with Crippen molar-refractivity contribution in [3.8, 4) is 0 Å². The Balaban J connectivity index is 1.97. The predicted octanol–water partition coefficient (Wildman–Crippen LogP) is 1.82. The van der Waals surface area contributed by atoms with Crippen molar-refractivity contribution in [2.45, 2.75) is 26.0 Å². The standard InChI is InChI=1S/C17H20BrN3O4S/c1-9(21(3)16(24)13-10(2)26-17(25)20-13)8-19-15(23)14(22)11-6-4-5-7-12(11)18/h4-7,9,14,22H,8H2,1-3H3,(H,19,23)(H,20,25). The molecule has 0 aliphatic rings. The minimum atomic E-state index is -1.31. The summed E-state index contributed by atoms with van der Waals surface area (Å²) in [6.07, 6.45) is -1.31. The highest BCUT2D eigenvalue weighted by Gasteiger charge is 2.24. The second-order valence-electron chi connectivity index (χ2n) is 5.88. The third kappa shape index (κ3) is 4.60. The number of thiazole rings is 1. The number of aromatic nitrogens is 1. The van der Waals surface area contributed by atoms with Crippen LogP contribution in [0.15, 0.2) is 33.5 Å². The second-order valence-corrected chi connectivity index (χ2v) is 7.92. The molecule has 1 heterocycles. The molecule has 0 spiro atoms. The smallest absolute Gasteiger partial charge is 0.305 e. The summed E-state index contributed by atoms with van der Waals surface area (Å²) in [5, 5.41) is 12.8. The molecular weight excluding hydrogens is 422 g/mol. The fraction of sp³-hybridized carbons (Fsp3) is 0.353. The molecule has 1 aromatic carbocycles. The number of nitrogens with one attached hydrogen (secondary N) is 2. The number of aromatic amines is 1. The first-order valence-corrected chi connectivity index (χ1v) is 9.50. The Morgan fingerprint density at radius 1 is 1.38 bits per heavy atom. The van der Waals surface area contributed by atoms with Gasteiger partial charge in [0.1, 0.15) is 5.69 Å². The summed E-state index contributed by atoms with van der Waals surface area (Å²) in [4.78, 5) is 40.3. The zero-order valence-corrected chi connectivity index (χ0v) is 17.0. The van der Waals surface area contributed by atoms with Crippen LogP contribution in [0.25, 0.3) is 0 Å². The first-order chi connectivity index (χ1) is 12.2. The zero-order chi connectivity index (χ0) is 19.4. The van der Waals surface area contributed by atoms with Crippen LogP contribution in [0.4, 0.5) is 0 Å². The zero-order valence-electron chi connectivity index (χ0n) is 14.6. The van der Waals surface area contributed by atoms with Crippen molar-refractivity contribution in [2.24, 2.45) is 0 Å². The lowest BCUT2D eigenvalue weighted by atomic mass is 10.1. The van der Waals surface area contributed by atoms with E-state index in [1.165, 1.54) is 4.90 Å². The number of carbonyl (C=O) groups excluding carboxylic acids is 2. The molecule has 3 N–H and O–H groups in total. The summed E-state index contributed by atoms with van der Waals surface area (Å²) in [6, 6.07) is 6.59. The second kappa shape index (κ2) is 8.61. The molecule has 0 aliphatic heterocycles. The normalized spacial score (nSPS) is 13.1. The lowest BCUT2D eigenvalue weighted by Crippen LogP contribution is -2.44. The number of carbonyl (C=O) groups is 2. The van der Waals surface area contributed by atoms with Crippen LogP contribution in [0, 0.1) is 6.92 Å². The summed E-state index contributed by atoms with van der Waals surface area (Å²) in [5.41, 5.74) is 0.725. The number of aliphatic hydroxyl groups is 1. The number of hydrogen-bond donors (Lipinski definition) is 3. The van der Waals surface area contributed by atoms with Gasteiger partial charge in [0.2, 0.25) is 0 Å². The number of rotatable bonds is 6. The molecule has 0 saturated heterocycles. The Labute approximate surface area is 163 Å². The monoisotopic (exact) mass is 441 g/mol. The van der Waals surface area contributed by atoms with Gasteiger partial charge in [-0.15, -0.1) is 0 Å². The number of benzene rings is 1. The molecule has 1 aromatic heterocycles. The molecule has 0 aliphatic carbocycles. The van der Waals surface area contributed by atoms with E-state index in [4.69, 9.17) is 0 Å². The maximum Gasteiger partial charge on any atom is 0.305 e. The van der Waals surface area contributed by atoms with Crippen molar-refractivity contribution in [2.75, 3.05) is 13.6 Å². The fourth-order valence-electron chi connectivity index (χ4n) is 2.31. The Hall–Kier alpha value is -1.97. The molecule has 2 aromatic rings. The van der Waals surface area contributed by atoms with Crippen molar-refractivity contribution in [3.05, 3.63) is 54.5 Å². The molecule has 0 radical (unpaired) electrons. The maximum atomic E-state index is 12.5. The van der Waals surface area contributed by atoms with Crippen molar-refractivity contribution in [3.63, 3.8) is 0 Å². The van der Waals surface area contributed by atoms with Crippen LogP contribution in [0.1, 0.15) is 34.0 Å². The first-order valence-electron chi connectivity index (χ1n) is 7.89. The molecule has 26 heavy (non-hydrogen) atoms. The van der Waals surface area contributed by atoms with Crippen molar-refractivity contribution < 1.29 is 14.7 Å². The minimum Gasteiger partial charge on any atom is -0.378 e. The Morgan fingerprint density at radius 3 is 2.62 bits per heavy atom. The third-order valence-electron chi connectivity index (χ3n) is 4.04. The molecule has 2 amide bonds. The molecule has 2 rings (SSSR count). The average molecular weight is 442 g/mol. The highest BCUT2D eigenvalue weighted by atomic mass is 79.9. The van der Waals surface area contributed by atoms with E-state index >= 15 is 0 Å². The van der Waals surface area contributed by atoms with Gasteiger partial charge in [0.15, 0.2) is 6.10 Å². The van der Waals surface area contributed by atoms with Gasteiger partial charge in [-0.3, -0.25) is 14.4 Å². The number of amides is 2. The molecule has 0 saturated carbocycles. The van der Waals surface area contributed by atoms with E-state index in [2.05, 4.69) is 26.2 Å². The molecular formula is C17H20BrN3O4S. The van der Waals surface area contributed by atoms with E-state index in [1.807, 2.05) is 0 Å². The number of hydrogen-bond acceptors (Lipinski definition) is 5. The Kier molecular flexibility index (Phi) is 6.74. The summed E-state index contributed by atoms with van der Waals surface area (Å²) in [5.74, 6) is -0.876. The number of aryl methyl sites for hydroxylation is 1. The van der Waals surface area contributed by atoms with E-state index in [0.29, 0.717) is 14.9 Å². The van der Waals surface area contributed by atoms with Gasteiger partial charge in [-0.05, 0) is 19.9 Å². The average Bonchev–Trinajstić information content (AvgIpc) is 2.96. The van der Waals surface area contributed by atoms with Crippen molar-refractivity contribution >= 4 is 39.1 Å². The van der Waals surface area contributed by atoms with E-state index < -0.39 is 12.0 Å². The Morgan fingerprint density at radius 2 is 2.04 bits per heavy atom. The molecule has 7 nitrogen and oxygen atoms in total. The fourth-order valence-corrected chi connectivity index (χ4v) is 3.48. The van der Waals surface area contributed by atoms with E-state index in [9.17, 15) is 19.5 Å². The van der Waals surface area contributed by atoms with Gasteiger partial charge < -0.3 is 20.3 Å². The highest BCUT2D eigenvalue weighted by molar-refractivity contribution is 9.10. The van der Waals surface area contributed by atoms with E-state index in [0.717, 1.165) is 11.3 Å². The van der Waals surface area contributed by atoms with Crippen LogP contribution in [-0.2, 0) is 4.79 Å². The van der Waals surface area contributed by atoms with Gasteiger partial charge in [0, 0.05) is 34.5 Å². The predicted molar refractivity (Wildman–Crippen MR) is 103 cm³/mol. The van der Waals surface area contributed by atoms with Gasteiger partial charge >= 0.3 is 4.87 Å². The van der Waals surface area contributed by atoms with Crippen LogP contribution in [0.5, 0.6) is 0 Å². The summed E-state index contributed by atoms with van der Waals surface area (Å²) in [6.45, 7) is 3.63. The van der Waals surface area contributed by atoms with E-state index in [-0.39, 0.29) is 29.1 Å². The largest absolute Gasteiger partial charge is 0.378 e. The SMILES string of the molecule is Cc1sc(=O)[nH]c1C(=O)N(C)C(C)CNC(=O)C(O)c1ccccc1Br. The van der Waals surface area contributed by atoms with Crippen molar-refractivity contribution in [1.82, 2.24) is 15.2 Å². The lowest BCUT2D eigenvalue weighted by molar-refractivity contribution is -0.129. The molecule has 0 fully saturated rings. The number of likely N-dealkylation sites (N-methyl/N-ethyl adjacent to an activating group) is 1. The molecule has 140 valence electrons. The van der Waals surface area contributed by atoms with Crippen LogP contribution >= 0.6 is 27.3 Å². The first kappa shape index (κ1) is 20.3. The number of H-pyrrole nitrogens is 1. The Bertz CT molecular complexity index is 864. The molecule has 9 heteroatoms. The van der Waals surface area contributed by atoms with Gasteiger partial charge in [0.05, 0.1) is 0 Å². The molecule has 2 unspecified atom stereocenters. The number of halogens is 1. The third-order valence-corrected chi connectivity index (χ3v) is 5.56. The van der Waals surface area contributed by atoms with Crippen LogP contribution in [0.3, 0.4) is 0 Å². The number of aliphatic hydroxyl groups excluding tert-OH is 1. The van der Waals surface area contributed by atoms with Gasteiger partial charge in [0.25, 0.3) is 11.8 Å². The number of nitrogens with zero attached hydrogens (tertiary/aromatic N) is 1. The molecule has 2 atom stereocenters. The minimum absolute atomic E-state index is 0.163. The summed E-state index contributed by atoms with van der Waals surface area (Å²) >= 11 is 4.28. The van der Waals surface area contributed by atoms with Gasteiger partial charge in [-0.25, -0.2) is 0 Å². The van der Waals surface area contributed by atoms with Crippen LogP contribution < -0.4 is 10.2 Å². The highest BCUT2D eigenvalue weighted by Crippen LogP contribution is 2.23. The van der Waals surface area contributed by atoms with E-state index in [1.54, 1.807) is 45.2 Å². The summed E-state index contributed by atoms with van der Waals surface area (Å²) < 4.78 is 0.639. The summed E-state index contributed by atoms with van der Waals surface area (Å²) in [7, 11) is 1.60. The molecule has 0 bridgehead atoms. The van der Waals surface area contributed by atoms with Crippen molar-refractivity contribution in [1.29, 1.82) is 0 Å². The van der Waals surface area contributed by atoms with Crippen LogP contribution in [-0.4, -0.2) is 46.4 Å². The topological polar surface area (TPSA) is 103 Å².